The zero-order chi connectivity index (χ0) is 19.9. The lowest BCUT2D eigenvalue weighted by Gasteiger charge is -2.19. The molecule has 0 aliphatic carbocycles. The second-order valence-electron chi connectivity index (χ2n) is 7.59. The van der Waals surface area contributed by atoms with Crippen LogP contribution in [-0.4, -0.2) is 34.6 Å². The number of ether oxygens (including phenoxy) is 1. The van der Waals surface area contributed by atoms with Crippen molar-refractivity contribution in [2.24, 2.45) is 0 Å². The van der Waals surface area contributed by atoms with Crippen LogP contribution in [0.15, 0.2) is 53.4 Å². The topological polar surface area (TPSA) is 66.8 Å². The molecule has 146 valence electrons. The van der Waals surface area contributed by atoms with Crippen LogP contribution in [0.25, 0.3) is 0 Å². The molecule has 0 saturated carbocycles. The molecule has 4 nitrogen and oxygen atoms in total. The molecule has 2 N–H and O–H groups in total. The molecule has 0 saturated heterocycles. The number of aliphatic hydroxyl groups excluding tert-OH is 1. The van der Waals surface area contributed by atoms with Crippen molar-refractivity contribution in [2.45, 2.75) is 50.0 Å². The molecule has 0 aliphatic rings. The minimum Gasteiger partial charge on any atom is -0.491 e. The summed E-state index contributed by atoms with van der Waals surface area (Å²) >= 11 is 1.60. The summed E-state index contributed by atoms with van der Waals surface area (Å²) in [5.74, 6) is 0.383. The summed E-state index contributed by atoms with van der Waals surface area (Å²) in [7, 11) is 0. The van der Waals surface area contributed by atoms with Crippen LogP contribution in [0.2, 0.25) is 0 Å². The van der Waals surface area contributed by atoms with Gasteiger partial charge in [0.15, 0.2) is 0 Å². The molecule has 1 unspecified atom stereocenters. The Balaban J connectivity index is 1.78. The minimum atomic E-state index is -0.815. The van der Waals surface area contributed by atoms with Crippen molar-refractivity contribution in [3.05, 3.63) is 59.7 Å². The van der Waals surface area contributed by atoms with E-state index in [0.29, 0.717) is 17.9 Å². The largest absolute Gasteiger partial charge is 0.491 e. The number of hydrogen-bond acceptors (Lipinski definition) is 4. The molecule has 0 bridgehead atoms. The molecule has 2 rings (SSSR count). The van der Waals surface area contributed by atoms with Gasteiger partial charge in [-0.2, -0.15) is 0 Å². The van der Waals surface area contributed by atoms with Crippen molar-refractivity contribution < 1.29 is 19.7 Å². The Labute approximate surface area is 165 Å². The molecule has 5 heteroatoms. The molecule has 2 aromatic rings. The van der Waals surface area contributed by atoms with Gasteiger partial charge in [-0.3, -0.25) is 4.79 Å². The zero-order valence-electron chi connectivity index (χ0n) is 16.1. The van der Waals surface area contributed by atoms with Crippen molar-refractivity contribution >= 4 is 17.7 Å². The Bertz CT molecular complexity index is 735. The Morgan fingerprint density at radius 3 is 2.48 bits per heavy atom. The van der Waals surface area contributed by atoms with Crippen molar-refractivity contribution in [3.8, 4) is 5.75 Å². The molecule has 0 radical (unpaired) electrons. The fraction of sp³-hybridized carbons (Fsp3) is 0.409. The molecule has 27 heavy (non-hydrogen) atoms. The van der Waals surface area contributed by atoms with E-state index in [1.165, 1.54) is 5.56 Å². The van der Waals surface area contributed by atoms with E-state index in [0.717, 1.165) is 10.5 Å². The van der Waals surface area contributed by atoms with Crippen LogP contribution in [0.4, 0.5) is 0 Å². The molecule has 0 aromatic heterocycles. The fourth-order valence-electron chi connectivity index (χ4n) is 2.53. The first-order valence-electron chi connectivity index (χ1n) is 9.09. The van der Waals surface area contributed by atoms with Crippen molar-refractivity contribution in [2.75, 3.05) is 12.4 Å². The number of aryl methyl sites for hydroxylation is 1. The Kier molecular flexibility index (Phi) is 7.75. The lowest BCUT2D eigenvalue weighted by molar-refractivity contribution is -0.136. The van der Waals surface area contributed by atoms with E-state index < -0.39 is 12.1 Å². The van der Waals surface area contributed by atoms with Gasteiger partial charge in [-0.25, -0.2) is 0 Å². The summed E-state index contributed by atoms with van der Waals surface area (Å²) in [5.41, 5.74) is 2.34. The van der Waals surface area contributed by atoms with Gasteiger partial charge in [0.25, 0.3) is 0 Å². The molecular weight excluding hydrogens is 360 g/mol. The summed E-state index contributed by atoms with van der Waals surface area (Å²) < 4.78 is 5.66. The van der Waals surface area contributed by atoms with Crippen LogP contribution in [0.5, 0.6) is 5.75 Å². The first kappa shape index (κ1) is 21.3. The SMILES string of the molecule is CC(C)(C)c1ccc(SCC(O)COc2cccc(CCC(=O)O)c2)cc1. The fourth-order valence-corrected chi connectivity index (χ4v) is 3.34. The summed E-state index contributed by atoms with van der Waals surface area (Å²) in [6.07, 6.45) is -0.0216. The van der Waals surface area contributed by atoms with Gasteiger partial charge in [0.1, 0.15) is 12.4 Å². The normalized spacial score (nSPS) is 12.6. The van der Waals surface area contributed by atoms with Gasteiger partial charge in [0.2, 0.25) is 0 Å². The third-order valence-corrected chi connectivity index (χ3v) is 5.29. The van der Waals surface area contributed by atoms with Gasteiger partial charge >= 0.3 is 5.97 Å². The minimum absolute atomic E-state index is 0.0940. The lowest BCUT2D eigenvalue weighted by atomic mass is 9.87. The Hall–Kier alpha value is -1.98. The number of carboxylic acids is 1. The second kappa shape index (κ2) is 9.81. The maximum Gasteiger partial charge on any atom is 0.303 e. The molecule has 2 aromatic carbocycles. The van der Waals surface area contributed by atoms with Crippen molar-refractivity contribution in [1.29, 1.82) is 0 Å². The van der Waals surface area contributed by atoms with Crippen LogP contribution in [-0.2, 0) is 16.6 Å². The highest BCUT2D eigenvalue weighted by Crippen LogP contribution is 2.26. The number of aliphatic hydroxyl groups is 1. The van der Waals surface area contributed by atoms with Crippen LogP contribution in [0.1, 0.15) is 38.3 Å². The predicted octanol–water partition coefficient (Wildman–Crippen LogP) is 4.53. The highest BCUT2D eigenvalue weighted by atomic mass is 32.2. The summed E-state index contributed by atoms with van der Waals surface area (Å²) in [4.78, 5) is 11.8. The maximum atomic E-state index is 10.7. The second-order valence-corrected chi connectivity index (χ2v) is 8.68. The highest BCUT2D eigenvalue weighted by molar-refractivity contribution is 7.99. The third-order valence-electron chi connectivity index (χ3n) is 4.13. The standard InChI is InChI=1S/C22H28O4S/c1-22(2,3)17-8-10-20(11-9-17)27-15-18(23)14-26-19-6-4-5-16(13-19)7-12-21(24)25/h4-6,8-11,13,18,23H,7,12,14-15H2,1-3H3,(H,24,25). The number of benzene rings is 2. The van der Waals surface area contributed by atoms with E-state index >= 15 is 0 Å². The smallest absolute Gasteiger partial charge is 0.303 e. The van der Waals surface area contributed by atoms with Gasteiger partial charge in [0, 0.05) is 17.1 Å². The third kappa shape index (κ3) is 7.65. The van der Waals surface area contributed by atoms with Gasteiger partial charge in [-0.1, -0.05) is 45.0 Å². The molecule has 0 spiro atoms. The Morgan fingerprint density at radius 2 is 1.85 bits per heavy atom. The van der Waals surface area contributed by atoms with E-state index in [1.54, 1.807) is 11.8 Å². The first-order chi connectivity index (χ1) is 12.7. The average molecular weight is 389 g/mol. The van der Waals surface area contributed by atoms with E-state index in [-0.39, 0.29) is 18.4 Å². The summed E-state index contributed by atoms with van der Waals surface area (Å²) in [6.45, 7) is 6.77. The molecule has 0 amide bonds. The Morgan fingerprint density at radius 1 is 1.15 bits per heavy atom. The highest BCUT2D eigenvalue weighted by Gasteiger charge is 2.13. The van der Waals surface area contributed by atoms with Crippen molar-refractivity contribution in [3.63, 3.8) is 0 Å². The van der Waals surface area contributed by atoms with Crippen LogP contribution < -0.4 is 4.74 Å². The lowest BCUT2D eigenvalue weighted by Crippen LogP contribution is -2.20. The number of carbonyl (C=O) groups is 1. The first-order valence-corrected chi connectivity index (χ1v) is 10.1. The molecule has 0 aliphatic heterocycles. The van der Waals surface area contributed by atoms with Crippen molar-refractivity contribution in [1.82, 2.24) is 0 Å². The number of rotatable bonds is 9. The number of thioether (sulfide) groups is 1. The number of hydrogen-bond donors (Lipinski definition) is 2. The quantitative estimate of drug-likeness (QED) is 0.618. The van der Waals surface area contributed by atoms with E-state index in [4.69, 9.17) is 9.84 Å². The van der Waals surface area contributed by atoms with Crippen LogP contribution in [0, 0.1) is 0 Å². The van der Waals surface area contributed by atoms with Crippen LogP contribution >= 0.6 is 11.8 Å². The van der Waals surface area contributed by atoms with Gasteiger partial charge < -0.3 is 14.9 Å². The van der Waals surface area contributed by atoms with E-state index in [9.17, 15) is 9.90 Å². The molecule has 0 heterocycles. The van der Waals surface area contributed by atoms with Crippen LogP contribution in [0.3, 0.4) is 0 Å². The molecule has 1 atom stereocenters. The number of aliphatic carboxylic acids is 1. The maximum absolute atomic E-state index is 10.7. The molecule has 0 fully saturated rings. The predicted molar refractivity (Wildman–Crippen MR) is 110 cm³/mol. The molecular formula is C22H28O4S. The van der Waals surface area contributed by atoms with Gasteiger partial charge in [0.05, 0.1) is 6.10 Å². The van der Waals surface area contributed by atoms with E-state index in [2.05, 4.69) is 45.0 Å². The van der Waals surface area contributed by atoms with E-state index in [1.807, 2.05) is 24.3 Å². The summed E-state index contributed by atoms with van der Waals surface area (Å²) in [5, 5.41) is 18.9. The van der Waals surface area contributed by atoms with Gasteiger partial charge in [-0.05, 0) is 47.2 Å². The van der Waals surface area contributed by atoms with Gasteiger partial charge in [-0.15, -0.1) is 11.8 Å². The summed E-state index contributed by atoms with van der Waals surface area (Å²) in [6, 6.07) is 15.8. The monoisotopic (exact) mass is 388 g/mol. The average Bonchev–Trinajstić information content (AvgIpc) is 2.63. The number of carboxylic acid groups (broad SMARTS) is 1. The zero-order valence-corrected chi connectivity index (χ0v) is 17.0.